The molecule has 0 aliphatic heterocycles. The van der Waals surface area contributed by atoms with Crippen molar-refractivity contribution in [3.8, 4) is 6.07 Å². The van der Waals surface area contributed by atoms with Gasteiger partial charge in [-0.25, -0.2) is 4.98 Å². The van der Waals surface area contributed by atoms with Crippen LogP contribution in [0.1, 0.15) is 35.7 Å². The molecule has 0 bridgehead atoms. The third-order valence-corrected chi connectivity index (χ3v) is 5.45. The van der Waals surface area contributed by atoms with Crippen LogP contribution in [0.2, 0.25) is 5.02 Å². The second-order valence-corrected chi connectivity index (χ2v) is 7.16. The normalized spacial score (nSPS) is 16.9. The molecule has 1 aromatic carbocycles. The Morgan fingerprint density at radius 3 is 3.00 bits per heavy atom. The molecule has 1 heterocycles. The van der Waals surface area contributed by atoms with Gasteiger partial charge >= 0.3 is 0 Å². The minimum atomic E-state index is 0.683. The maximum absolute atomic E-state index is 9.41. The molecule has 2 nitrogen and oxygen atoms in total. The predicted octanol–water partition coefficient (Wildman–Crippen LogP) is 5.02. The molecule has 2 aromatic rings. The zero-order valence-corrected chi connectivity index (χ0v) is 14.0. The van der Waals surface area contributed by atoms with Gasteiger partial charge in [0.25, 0.3) is 0 Å². The predicted molar refractivity (Wildman–Crippen MR) is 91.2 cm³/mol. The summed E-state index contributed by atoms with van der Waals surface area (Å²) >= 11 is 7.79. The lowest BCUT2D eigenvalue weighted by molar-refractivity contribution is 0.491. The molecule has 0 saturated carbocycles. The van der Waals surface area contributed by atoms with Gasteiger partial charge in [0.15, 0.2) is 0 Å². The summed E-state index contributed by atoms with van der Waals surface area (Å²) < 4.78 is 0. The van der Waals surface area contributed by atoms with Crippen molar-refractivity contribution >= 4 is 23.4 Å². The van der Waals surface area contributed by atoms with E-state index in [-0.39, 0.29) is 0 Å². The number of hydrogen-bond acceptors (Lipinski definition) is 3. The highest BCUT2D eigenvalue weighted by molar-refractivity contribution is 7.98. The molecule has 3 rings (SSSR count). The van der Waals surface area contributed by atoms with Crippen LogP contribution in [0.4, 0.5) is 0 Å². The maximum atomic E-state index is 9.41. The van der Waals surface area contributed by atoms with Crippen molar-refractivity contribution < 1.29 is 0 Å². The van der Waals surface area contributed by atoms with Gasteiger partial charge < -0.3 is 0 Å². The number of nitriles is 1. The number of benzene rings is 1. The van der Waals surface area contributed by atoms with Crippen LogP contribution in [0.3, 0.4) is 0 Å². The Labute approximate surface area is 140 Å². The Balaban J connectivity index is 1.85. The standard InChI is InChI=1S/C18H17ClN2S/c1-12-6-7-17-14(8-12)9-15(10-20)18(21-17)22-11-13-4-2-3-5-16(13)19/h2-5,9,12H,6-8,11H2,1H3. The Bertz CT molecular complexity index is 736. The summed E-state index contributed by atoms with van der Waals surface area (Å²) in [5.41, 5.74) is 4.17. The van der Waals surface area contributed by atoms with Crippen molar-refractivity contribution in [2.45, 2.75) is 37.0 Å². The molecule has 0 amide bonds. The smallest absolute Gasteiger partial charge is 0.114 e. The second kappa shape index (κ2) is 6.73. The summed E-state index contributed by atoms with van der Waals surface area (Å²) in [5.74, 6) is 1.42. The highest BCUT2D eigenvalue weighted by Gasteiger charge is 2.19. The number of nitrogens with zero attached hydrogens (tertiary/aromatic N) is 2. The number of halogens is 1. The molecule has 1 aromatic heterocycles. The molecule has 1 aliphatic rings. The Hall–Kier alpha value is -1.50. The average Bonchev–Trinajstić information content (AvgIpc) is 2.53. The van der Waals surface area contributed by atoms with E-state index in [0.717, 1.165) is 34.2 Å². The van der Waals surface area contributed by atoms with E-state index in [1.165, 1.54) is 17.7 Å². The number of thioether (sulfide) groups is 1. The fourth-order valence-electron chi connectivity index (χ4n) is 2.78. The Kier molecular flexibility index (Phi) is 4.71. The fourth-order valence-corrected chi connectivity index (χ4v) is 4.04. The summed E-state index contributed by atoms with van der Waals surface area (Å²) in [5, 5.41) is 11.0. The molecule has 0 N–H and O–H groups in total. The molecule has 22 heavy (non-hydrogen) atoms. The molecule has 1 aliphatic carbocycles. The zero-order valence-electron chi connectivity index (χ0n) is 12.5. The molecule has 1 unspecified atom stereocenters. The molecule has 0 saturated heterocycles. The SMILES string of the molecule is CC1CCc2nc(SCc3ccccc3Cl)c(C#N)cc2C1. The number of fused-ring (bicyclic) bond motifs is 1. The first kappa shape index (κ1) is 15.4. The lowest BCUT2D eigenvalue weighted by Crippen LogP contribution is -2.14. The van der Waals surface area contributed by atoms with Crippen LogP contribution in [0.5, 0.6) is 0 Å². The third-order valence-electron chi connectivity index (χ3n) is 4.04. The van der Waals surface area contributed by atoms with Crippen molar-refractivity contribution in [1.29, 1.82) is 5.26 Å². The first-order valence-electron chi connectivity index (χ1n) is 7.46. The summed E-state index contributed by atoms with van der Waals surface area (Å²) in [4.78, 5) is 4.76. The van der Waals surface area contributed by atoms with Crippen LogP contribution in [0, 0.1) is 17.2 Å². The van der Waals surface area contributed by atoms with E-state index in [9.17, 15) is 5.26 Å². The maximum Gasteiger partial charge on any atom is 0.114 e. The third kappa shape index (κ3) is 3.29. The largest absolute Gasteiger partial charge is 0.245 e. The van der Waals surface area contributed by atoms with Crippen molar-refractivity contribution in [2.75, 3.05) is 0 Å². The van der Waals surface area contributed by atoms with E-state index in [1.54, 1.807) is 11.8 Å². The molecular weight excluding hydrogens is 312 g/mol. The van der Waals surface area contributed by atoms with Crippen molar-refractivity contribution in [3.05, 3.63) is 57.7 Å². The topological polar surface area (TPSA) is 36.7 Å². The van der Waals surface area contributed by atoms with Gasteiger partial charge in [-0.05, 0) is 48.4 Å². The quantitative estimate of drug-likeness (QED) is 0.742. The van der Waals surface area contributed by atoms with Crippen LogP contribution in [-0.4, -0.2) is 4.98 Å². The van der Waals surface area contributed by atoms with Gasteiger partial charge in [-0.2, -0.15) is 5.26 Å². The summed E-state index contributed by atoms with van der Waals surface area (Å²) in [6.07, 6.45) is 3.23. The molecule has 0 spiro atoms. The van der Waals surface area contributed by atoms with Gasteiger partial charge in [-0.3, -0.25) is 0 Å². The second-order valence-electron chi connectivity index (χ2n) is 5.79. The van der Waals surface area contributed by atoms with Gasteiger partial charge in [0.2, 0.25) is 0 Å². The number of hydrogen-bond donors (Lipinski definition) is 0. The minimum absolute atomic E-state index is 0.683. The van der Waals surface area contributed by atoms with Crippen molar-refractivity contribution in [2.24, 2.45) is 5.92 Å². The molecule has 4 heteroatoms. The van der Waals surface area contributed by atoms with Crippen LogP contribution in [-0.2, 0) is 18.6 Å². The van der Waals surface area contributed by atoms with E-state index in [1.807, 2.05) is 30.3 Å². The highest BCUT2D eigenvalue weighted by Crippen LogP contribution is 2.31. The van der Waals surface area contributed by atoms with Crippen LogP contribution in [0.15, 0.2) is 35.4 Å². The summed E-state index contributed by atoms with van der Waals surface area (Å²) in [6, 6.07) is 12.1. The minimum Gasteiger partial charge on any atom is -0.245 e. The van der Waals surface area contributed by atoms with Gasteiger partial charge in [0.05, 0.1) is 5.56 Å². The number of aromatic nitrogens is 1. The molecular formula is C18H17ClN2S. The molecule has 0 radical (unpaired) electrons. The highest BCUT2D eigenvalue weighted by atomic mass is 35.5. The van der Waals surface area contributed by atoms with E-state index in [4.69, 9.17) is 16.6 Å². The number of rotatable bonds is 3. The van der Waals surface area contributed by atoms with Crippen LogP contribution in [0.25, 0.3) is 0 Å². The lowest BCUT2D eigenvalue weighted by atomic mass is 9.87. The molecule has 0 fully saturated rings. The summed E-state index contributed by atoms with van der Waals surface area (Å²) in [7, 11) is 0. The van der Waals surface area contributed by atoms with E-state index < -0.39 is 0 Å². The first-order chi connectivity index (χ1) is 10.7. The summed E-state index contributed by atoms with van der Waals surface area (Å²) in [6.45, 7) is 2.26. The van der Waals surface area contributed by atoms with Crippen LogP contribution < -0.4 is 0 Å². The van der Waals surface area contributed by atoms with Gasteiger partial charge in [-0.1, -0.05) is 36.7 Å². The van der Waals surface area contributed by atoms with Crippen molar-refractivity contribution in [1.82, 2.24) is 4.98 Å². The van der Waals surface area contributed by atoms with Gasteiger partial charge in [-0.15, -0.1) is 11.8 Å². The number of aryl methyl sites for hydroxylation is 1. The number of pyridine rings is 1. The lowest BCUT2D eigenvalue weighted by Gasteiger charge is -2.21. The Morgan fingerprint density at radius 2 is 2.23 bits per heavy atom. The fraction of sp³-hybridized carbons (Fsp3) is 0.333. The van der Waals surface area contributed by atoms with Crippen molar-refractivity contribution in [3.63, 3.8) is 0 Å². The van der Waals surface area contributed by atoms with Gasteiger partial charge in [0.1, 0.15) is 11.1 Å². The molecule has 112 valence electrons. The van der Waals surface area contributed by atoms with E-state index in [0.29, 0.717) is 11.5 Å². The monoisotopic (exact) mass is 328 g/mol. The zero-order chi connectivity index (χ0) is 15.5. The Morgan fingerprint density at radius 1 is 1.41 bits per heavy atom. The average molecular weight is 329 g/mol. The van der Waals surface area contributed by atoms with Crippen LogP contribution >= 0.6 is 23.4 Å². The van der Waals surface area contributed by atoms with Gasteiger partial charge in [0, 0.05) is 16.5 Å². The van der Waals surface area contributed by atoms with E-state index >= 15 is 0 Å². The first-order valence-corrected chi connectivity index (χ1v) is 8.83. The van der Waals surface area contributed by atoms with E-state index in [2.05, 4.69) is 13.0 Å². The molecule has 1 atom stereocenters.